The van der Waals surface area contributed by atoms with E-state index in [0.717, 1.165) is 59.5 Å². The van der Waals surface area contributed by atoms with E-state index < -0.39 is 0 Å². The maximum absolute atomic E-state index is 5.13. The van der Waals surface area contributed by atoms with Gasteiger partial charge in [-0.3, -0.25) is 0 Å². The Morgan fingerprint density at radius 3 is 1.35 bits per heavy atom. The molecule has 5 rings (SSSR count). The Morgan fingerprint density at radius 1 is 0.500 bits per heavy atom. The minimum atomic E-state index is 1.01. The molecule has 4 nitrogen and oxygen atoms in total. The molecule has 40 heavy (non-hydrogen) atoms. The van der Waals surface area contributed by atoms with Gasteiger partial charge < -0.3 is 9.97 Å². The highest BCUT2D eigenvalue weighted by molar-refractivity contribution is 5.87. The third kappa shape index (κ3) is 6.66. The minimum absolute atomic E-state index is 1.01. The van der Waals surface area contributed by atoms with Gasteiger partial charge in [-0.1, -0.05) is 53.4 Å². The Bertz CT molecular complexity index is 1430. The number of rotatable bonds is 12. The van der Waals surface area contributed by atoms with Crippen LogP contribution in [0, 0.1) is 0 Å². The highest BCUT2D eigenvalue weighted by atomic mass is 14.8. The van der Waals surface area contributed by atoms with E-state index in [9.17, 15) is 0 Å². The van der Waals surface area contributed by atoms with Crippen molar-refractivity contribution < 1.29 is 0 Å². The summed E-state index contributed by atoms with van der Waals surface area (Å²) >= 11 is 0. The molecule has 0 spiro atoms. The lowest BCUT2D eigenvalue weighted by Crippen LogP contribution is -1.85. The first-order chi connectivity index (χ1) is 19.6. The normalized spacial score (nSPS) is 13.0. The molecule has 0 unspecified atom stereocenters. The predicted molar refractivity (Wildman–Crippen MR) is 173 cm³/mol. The van der Waals surface area contributed by atoms with Gasteiger partial charge in [0, 0.05) is 22.1 Å². The first-order valence-corrected chi connectivity index (χ1v) is 15.8. The van der Waals surface area contributed by atoms with Crippen molar-refractivity contribution in [1.29, 1.82) is 0 Å². The largest absolute Gasteiger partial charge is 0.355 e. The Kier molecular flexibility index (Phi) is 9.36. The standard InChI is InChI=1S/C36H46N4/c1-5-9-13-25-17-29-21-30-19-27(15-11-7-3)35(39-30)24-36-28(16-12-8-4)20-32(40-36)22-31-18-26(14-10-6-2)34(38-31)23-33(25)37-29/h17-24,37,39H,5-16H2,1-4H3. The van der Waals surface area contributed by atoms with E-state index in [1.807, 2.05) is 0 Å². The molecule has 2 aliphatic heterocycles. The van der Waals surface area contributed by atoms with Crippen molar-refractivity contribution in [2.45, 2.75) is 105 Å². The van der Waals surface area contributed by atoms with Crippen molar-refractivity contribution in [3.8, 4) is 0 Å². The van der Waals surface area contributed by atoms with Crippen molar-refractivity contribution in [1.82, 2.24) is 19.9 Å². The van der Waals surface area contributed by atoms with Crippen molar-refractivity contribution in [3.05, 3.63) is 70.3 Å². The van der Waals surface area contributed by atoms with Gasteiger partial charge in [-0.25, -0.2) is 9.97 Å². The molecular weight excluding hydrogens is 488 g/mol. The fourth-order valence-corrected chi connectivity index (χ4v) is 5.75. The summed E-state index contributed by atoms with van der Waals surface area (Å²) in [5.74, 6) is 0. The number of nitrogens with one attached hydrogen (secondary N) is 2. The van der Waals surface area contributed by atoms with Crippen molar-refractivity contribution in [2.24, 2.45) is 0 Å². The summed E-state index contributed by atoms with van der Waals surface area (Å²) in [6.07, 6.45) is 18.2. The summed E-state index contributed by atoms with van der Waals surface area (Å²) in [6, 6.07) is 13.7. The van der Waals surface area contributed by atoms with Crippen LogP contribution in [0.3, 0.4) is 0 Å². The number of aryl methyl sites for hydroxylation is 2. The molecule has 0 atom stereocenters. The van der Waals surface area contributed by atoms with E-state index >= 15 is 0 Å². The molecule has 2 aliphatic rings. The summed E-state index contributed by atoms with van der Waals surface area (Å²) in [6.45, 7) is 9.04. The second kappa shape index (κ2) is 13.3. The topological polar surface area (TPSA) is 57.4 Å². The first-order valence-electron chi connectivity index (χ1n) is 15.8. The fraction of sp³-hybridized carbons (Fsp3) is 0.444. The molecule has 3 aromatic heterocycles. The van der Waals surface area contributed by atoms with Gasteiger partial charge in [0.05, 0.1) is 22.8 Å². The minimum Gasteiger partial charge on any atom is -0.355 e. The van der Waals surface area contributed by atoms with E-state index in [1.54, 1.807) is 0 Å². The molecule has 0 aliphatic carbocycles. The third-order valence-electron chi connectivity index (χ3n) is 8.08. The maximum atomic E-state index is 5.13. The number of hydrogen-bond acceptors (Lipinski definition) is 2. The third-order valence-corrected chi connectivity index (χ3v) is 8.08. The SMILES string of the molecule is CCCCC1=Cc2cc3nc(cc4[nH]c(cc4CCCC)cc4cc(CCCC)c(cc1n2)[nH]4)C(CCCC)=C3. The van der Waals surface area contributed by atoms with Gasteiger partial charge in [0.2, 0.25) is 0 Å². The van der Waals surface area contributed by atoms with Crippen LogP contribution in [0.25, 0.3) is 45.4 Å². The van der Waals surface area contributed by atoms with Crippen LogP contribution < -0.4 is 0 Å². The van der Waals surface area contributed by atoms with Crippen LogP contribution in [-0.4, -0.2) is 19.9 Å². The summed E-state index contributed by atoms with van der Waals surface area (Å²) in [7, 11) is 0. The number of unbranched alkanes of at least 4 members (excludes halogenated alkanes) is 4. The molecular formula is C36H46N4. The van der Waals surface area contributed by atoms with Gasteiger partial charge in [-0.2, -0.15) is 0 Å². The Balaban J connectivity index is 1.78. The summed E-state index contributed by atoms with van der Waals surface area (Å²) in [4.78, 5) is 17.8. The number of aromatic amines is 2. The van der Waals surface area contributed by atoms with Crippen LogP contribution >= 0.6 is 0 Å². The Labute approximate surface area is 240 Å². The molecule has 0 radical (unpaired) electrons. The van der Waals surface area contributed by atoms with Gasteiger partial charge >= 0.3 is 0 Å². The molecule has 0 saturated heterocycles. The number of H-pyrrole nitrogens is 2. The van der Waals surface area contributed by atoms with E-state index in [-0.39, 0.29) is 0 Å². The molecule has 4 heteroatoms. The predicted octanol–water partition coefficient (Wildman–Crippen LogP) is 10.5. The zero-order valence-corrected chi connectivity index (χ0v) is 25.0. The Hall–Kier alpha value is -3.40. The van der Waals surface area contributed by atoms with Crippen LogP contribution in [0.15, 0.2) is 36.4 Å². The monoisotopic (exact) mass is 534 g/mol. The molecule has 0 saturated carbocycles. The fourth-order valence-electron chi connectivity index (χ4n) is 5.75. The zero-order chi connectivity index (χ0) is 27.9. The van der Waals surface area contributed by atoms with Crippen LogP contribution in [0.2, 0.25) is 0 Å². The van der Waals surface area contributed by atoms with Gasteiger partial charge in [0.1, 0.15) is 0 Å². The first kappa shape index (κ1) is 28.1. The quantitative estimate of drug-likeness (QED) is 0.243. The van der Waals surface area contributed by atoms with E-state index in [1.165, 1.54) is 84.7 Å². The van der Waals surface area contributed by atoms with Gasteiger partial charge in [-0.05, 0) is 122 Å². The number of nitrogens with zero attached hydrogens (tertiary/aromatic N) is 2. The van der Waals surface area contributed by atoms with Crippen molar-refractivity contribution in [2.75, 3.05) is 0 Å². The summed E-state index contributed by atoms with van der Waals surface area (Å²) < 4.78 is 0. The lowest BCUT2D eigenvalue weighted by Gasteiger charge is -2.00. The molecule has 210 valence electrons. The smallest absolute Gasteiger partial charge is 0.0690 e. The van der Waals surface area contributed by atoms with Gasteiger partial charge in [0.15, 0.2) is 0 Å². The van der Waals surface area contributed by atoms with Crippen molar-refractivity contribution >= 4 is 45.4 Å². The maximum Gasteiger partial charge on any atom is 0.0690 e. The number of fused-ring (bicyclic) bond motifs is 8. The molecule has 0 fully saturated rings. The summed E-state index contributed by atoms with van der Waals surface area (Å²) in [5.41, 5.74) is 14.3. The second-order valence-corrected chi connectivity index (χ2v) is 11.5. The van der Waals surface area contributed by atoms with Crippen LogP contribution in [0.1, 0.15) is 126 Å². The lowest BCUT2D eigenvalue weighted by molar-refractivity contribution is 0.799. The van der Waals surface area contributed by atoms with E-state index in [0.29, 0.717) is 0 Å². The van der Waals surface area contributed by atoms with Gasteiger partial charge in [-0.15, -0.1) is 0 Å². The molecule has 3 aromatic rings. The average molecular weight is 535 g/mol. The number of aromatic nitrogens is 4. The number of allylic oxidation sites excluding steroid dienone is 2. The number of hydrogen-bond donors (Lipinski definition) is 2. The highest BCUT2D eigenvalue weighted by Gasteiger charge is 2.15. The van der Waals surface area contributed by atoms with Crippen LogP contribution in [-0.2, 0) is 12.8 Å². The van der Waals surface area contributed by atoms with E-state index in [2.05, 4.69) is 86.2 Å². The second-order valence-electron chi connectivity index (χ2n) is 11.5. The molecule has 0 amide bonds. The average Bonchev–Trinajstić information content (AvgIpc) is 3.71. The van der Waals surface area contributed by atoms with Crippen LogP contribution in [0.4, 0.5) is 0 Å². The molecule has 0 aromatic carbocycles. The molecule has 2 N–H and O–H groups in total. The molecule has 5 heterocycles. The van der Waals surface area contributed by atoms with Crippen LogP contribution in [0.5, 0.6) is 0 Å². The van der Waals surface area contributed by atoms with E-state index in [4.69, 9.17) is 9.97 Å². The van der Waals surface area contributed by atoms with Gasteiger partial charge in [0.25, 0.3) is 0 Å². The summed E-state index contributed by atoms with van der Waals surface area (Å²) in [5, 5.41) is 0. The Morgan fingerprint density at radius 2 is 0.925 bits per heavy atom. The molecule has 8 bridgehead atoms. The van der Waals surface area contributed by atoms with Crippen molar-refractivity contribution in [3.63, 3.8) is 0 Å². The zero-order valence-electron chi connectivity index (χ0n) is 25.0. The highest BCUT2D eigenvalue weighted by Crippen LogP contribution is 2.31. The lowest BCUT2D eigenvalue weighted by atomic mass is 10.0.